The molecule has 0 radical (unpaired) electrons. The van der Waals surface area contributed by atoms with Crippen LogP contribution >= 0.6 is 0 Å². The van der Waals surface area contributed by atoms with Gasteiger partial charge in [-0.3, -0.25) is 9.59 Å². The van der Waals surface area contributed by atoms with Crippen LogP contribution in [0.15, 0.2) is 36.5 Å². The van der Waals surface area contributed by atoms with Gasteiger partial charge in [0.25, 0.3) is 0 Å². The van der Waals surface area contributed by atoms with Crippen LogP contribution in [0, 0.1) is 59.2 Å². The van der Waals surface area contributed by atoms with Crippen molar-refractivity contribution in [3.05, 3.63) is 36.5 Å². The first-order chi connectivity index (χ1) is 25.8. The van der Waals surface area contributed by atoms with Crippen LogP contribution in [-0.2, 0) is 28.6 Å². The smallest absolute Gasteiger partial charge is 0.330 e. The van der Waals surface area contributed by atoms with E-state index < -0.39 is 77.6 Å². The predicted octanol–water partition coefficient (Wildman–Crippen LogP) is 6.77. The lowest BCUT2D eigenvalue weighted by atomic mass is 9.74. The first-order valence-electron chi connectivity index (χ1n) is 21.1. The zero-order chi connectivity index (χ0) is 41.4. The molecule has 18 unspecified atom stereocenters. The van der Waals surface area contributed by atoms with Gasteiger partial charge in [-0.05, 0) is 63.2 Å². The third-order valence-corrected chi connectivity index (χ3v) is 13.4. The Balaban J connectivity index is 1.97. The highest BCUT2D eigenvalue weighted by atomic mass is 16.7. The van der Waals surface area contributed by atoms with E-state index in [-0.39, 0.29) is 47.6 Å². The van der Waals surface area contributed by atoms with Crippen molar-refractivity contribution < 1.29 is 49.0 Å². The Morgan fingerprint density at radius 1 is 0.764 bits per heavy atom. The summed E-state index contributed by atoms with van der Waals surface area (Å²) < 4.78 is 20.0. The van der Waals surface area contributed by atoms with E-state index in [2.05, 4.69) is 26.8 Å². The van der Waals surface area contributed by atoms with Gasteiger partial charge in [0.15, 0.2) is 5.79 Å². The fraction of sp³-hybridized carbons (Fsp3) is 0.800. The molecule has 2 bridgehead atoms. The molecule has 1 spiro atoms. The third-order valence-electron chi connectivity index (χ3n) is 13.4. The SMILES string of the molecule is CCC1C=CC=CCC(C)C(O)C(C)C(=O)C(C)C(O)C(C)C(=O)C(C)C(O)C(C)C=CC(=O)OC2C(C)C(CC1)OC1(CCC(C)C(CC(C)O)O1)C2C. The van der Waals surface area contributed by atoms with Crippen LogP contribution in [0.25, 0.3) is 0 Å². The Morgan fingerprint density at radius 3 is 1.96 bits per heavy atom. The van der Waals surface area contributed by atoms with Crippen LogP contribution in [0.1, 0.15) is 121 Å². The van der Waals surface area contributed by atoms with E-state index in [0.29, 0.717) is 19.3 Å². The molecule has 0 aromatic rings. The Kier molecular flexibility index (Phi) is 18.0. The molecule has 3 aliphatic rings. The number of aliphatic hydroxyl groups is 4. The van der Waals surface area contributed by atoms with Crippen molar-refractivity contribution in [2.75, 3.05) is 0 Å². The summed E-state index contributed by atoms with van der Waals surface area (Å²) in [4.78, 5) is 40.4. The lowest BCUT2D eigenvalue weighted by Gasteiger charge is -2.55. The number of rotatable bonds is 3. The van der Waals surface area contributed by atoms with Crippen molar-refractivity contribution in [1.82, 2.24) is 0 Å². The molecule has 0 aromatic heterocycles. The number of allylic oxidation sites excluding steroid dienone is 4. The van der Waals surface area contributed by atoms with E-state index in [1.807, 2.05) is 32.1 Å². The highest BCUT2D eigenvalue weighted by molar-refractivity contribution is 5.87. The minimum atomic E-state index is -1.30. The standard InChI is InChI=1S/C45H74O10/c1-12-35-17-15-13-14-16-26(3)39(48)30(7)41(50)32(9)43(52)33(10)42(51)31(8)40(49)27(4)18-21-38(47)53-44-29(6)36(20-19-35)54-45(34(44)11)23-22-25(2)37(55-45)24-28(5)46/h13-15,17-18,21,25-37,39-40,43-44,46,48-49,52H,12,16,19-20,22-24H2,1-11H3. The second-order valence-electron chi connectivity index (χ2n) is 17.7. The number of aliphatic hydroxyl groups excluding tert-OH is 4. The Labute approximate surface area is 331 Å². The van der Waals surface area contributed by atoms with Crippen LogP contribution in [0.3, 0.4) is 0 Å². The summed E-state index contributed by atoms with van der Waals surface area (Å²) in [5.74, 6) is -6.53. The molecule has 0 aliphatic carbocycles. The summed E-state index contributed by atoms with van der Waals surface area (Å²) in [5, 5.41) is 43.8. The maximum Gasteiger partial charge on any atom is 0.330 e. The van der Waals surface area contributed by atoms with Crippen molar-refractivity contribution in [3.63, 3.8) is 0 Å². The molecule has 314 valence electrons. The molecule has 55 heavy (non-hydrogen) atoms. The Bertz CT molecular complexity index is 1340. The second kappa shape index (κ2) is 21.0. The number of carbonyl (C=O) groups excluding carboxylic acids is 3. The van der Waals surface area contributed by atoms with Crippen molar-refractivity contribution in [3.8, 4) is 0 Å². The van der Waals surface area contributed by atoms with Gasteiger partial charge in [-0.1, -0.05) is 99.6 Å². The molecule has 18 atom stereocenters. The molecule has 0 saturated carbocycles. The maximum atomic E-state index is 13.5. The number of carbonyl (C=O) groups is 3. The van der Waals surface area contributed by atoms with E-state index in [9.17, 15) is 34.8 Å². The van der Waals surface area contributed by atoms with Gasteiger partial charge in [0.05, 0.1) is 36.6 Å². The quantitative estimate of drug-likeness (QED) is 0.226. The van der Waals surface area contributed by atoms with Crippen LogP contribution in [-0.4, -0.2) is 86.5 Å². The highest BCUT2D eigenvalue weighted by Crippen LogP contribution is 2.49. The summed E-state index contributed by atoms with van der Waals surface area (Å²) in [6, 6.07) is 0. The van der Waals surface area contributed by atoms with E-state index >= 15 is 0 Å². The number of hydrogen-bond acceptors (Lipinski definition) is 10. The van der Waals surface area contributed by atoms with Crippen LogP contribution in [0.5, 0.6) is 0 Å². The average molecular weight is 775 g/mol. The van der Waals surface area contributed by atoms with E-state index in [1.54, 1.807) is 47.6 Å². The van der Waals surface area contributed by atoms with Gasteiger partial charge in [-0.25, -0.2) is 4.79 Å². The third kappa shape index (κ3) is 11.9. The van der Waals surface area contributed by atoms with Gasteiger partial charge in [-0.2, -0.15) is 0 Å². The largest absolute Gasteiger partial charge is 0.458 e. The summed E-state index contributed by atoms with van der Waals surface area (Å²) in [5.41, 5.74) is 0. The molecule has 0 amide bonds. The van der Waals surface area contributed by atoms with Crippen molar-refractivity contribution >= 4 is 17.5 Å². The minimum Gasteiger partial charge on any atom is -0.458 e. The Hall–Kier alpha value is -2.21. The van der Waals surface area contributed by atoms with Gasteiger partial charge in [-0.15, -0.1) is 0 Å². The van der Waals surface area contributed by atoms with Crippen LogP contribution < -0.4 is 0 Å². The van der Waals surface area contributed by atoms with Gasteiger partial charge >= 0.3 is 5.97 Å². The zero-order valence-corrected chi connectivity index (χ0v) is 35.5. The first-order valence-corrected chi connectivity index (χ1v) is 21.1. The minimum absolute atomic E-state index is 0.144. The van der Waals surface area contributed by atoms with Crippen molar-refractivity contribution in [2.24, 2.45) is 59.2 Å². The number of hydrogen-bond donors (Lipinski definition) is 4. The molecule has 2 fully saturated rings. The molecule has 4 N–H and O–H groups in total. The lowest BCUT2D eigenvalue weighted by molar-refractivity contribution is -0.371. The van der Waals surface area contributed by atoms with Gasteiger partial charge in [0, 0.05) is 53.9 Å². The molecule has 0 aromatic carbocycles. The fourth-order valence-electron chi connectivity index (χ4n) is 8.95. The maximum absolute atomic E-state index is 13.5. The Morgan fingerprint density at radius 2 is 1.36 bits per heavy atom. The van der Waals surface area contributed by atoms with Crippen molar-refractivity contribution in [1.29, 1.82) is 0 Å². The van der Waals surface area contributed by atoms with Gasteiger partial charge < -0.3 is 34.6 Å². The number of fused-ring (bicyclic) bond motifs is 2. The fourth-order valence-corrected chi connectivity index (χ4v) is 8.95. The summed E-state index contributed by atoms with van der Waals surface area (Å²) in [6.45, 7) is 20.1. The first kappa shape index (κ1) is 47.2. The monoisotopic (exact) mass is 775 g/mol. The molecular formula is C45H74O10. The molecule has 3 heterocycles. The van der Waals surface area contributed by atoms with Gasteiger partial charge in [0.1, 0.15) is 17.7 Å². The highest BCUT2D eigenvalue weighted by Gasteiger charge is 2.56. The van der Waals surface area contributed by atoms with E-state index in [1.165, 1.54) is 6.08 Å². The topological polar surface area (TPSA) is 160 Å². The molecule has 3 aliphatic heterocycles. The molecule has 2 saturated heterocycles. The summed E-state index contributed by atoms with van der Waals surface area (Å²) in [7, 11) is 0. The van der Waals surface area contributed by atoms with Crippen LogP contribution in [0.2, 0.25) is 0 Å². The van der Waals surface area contributed by atoms with Crippen LogP contribution in [0.4, 0.5) is 0 Å². The number of Topliss-reactive ketones (excluding diaryl/α,β-unsaturated/α-hetero) is 2. The van der Waals surface area contributed by atoms with Gasteiger partial charge in [0.2, 0.25) is 0 Å². The number of esters is 1. The van der Waals surface area contributed by atoms with E-state index in [0.717, 1.165) is 25.7 Å². The molecule has 3 rings (SSSR count). The lowest BCUT2D eigenvalue weighted by Crippen LogP contribution is -2.62. The number of ketones is 2. The zero-order valence-electron chi connectivity index (χ0n) is 35.5. The molecule has 10 nitrogen and oxygen atoms in total. The predicted molar refractivity (Wildman–Crippen MR) is 213 cm³/mol. The molecule has 10 heteroatoms. The summed E-state index contributed by atoms with van der Waals surface area (Å²) in [6.07, 6.45) is 11.1. The van der Waals surface area contributed by atoms with Crippen molar-refractivity contribution in [2.45, 2.75) is 170 Å². The van der Waals surface area contributed by atoms with E-state index in [4.69, 9.17) is 14.2 Å². The molecular weight excluding hydrogens is 700 g/mol. The number of ether oxygens (including phenoxy) is 3. The summed E-state index contributed by atoms with van der Waals surface area (Å²) >= 11 is 0. The second-order valence-corrected chi connectivity index (χ2v) is 17.7. The normalized spacial score (nSPS) is 44.3. The average Bonchev–Trinajstić information content (AvgIpc) is 3.16.